The lowest BCUT2D eigenvalue weighted by molar-refractivity contribution is -0.138. The van der Waals surface area contributed by atoms with Crippen LogP contribution in [0.2, 0.25) is 0 Å². The standard InChI is InChI=1S/C28H33N3O5/c1-2-28(16-14-24(32)30-27(28)35)21-10-12-22(13-11-21)29-26(34)20-7-6-17-31(19-20)25(33)15-18-36-23-8-4-3-5-9-23/h3-5,8-13,20H,2,6-7,14-19H2,1H3,(H,29,34)(H,30,32,35). The number of carbonyl (C=O) groups is 4. The van der Waals surface area contributed by atoms with Crippen LogP contribution in [0.4, 0.5) is 5.69 Å². The predicted molar refractivity (Wildman–Crippen MR) is 135 cm³/mol. The Kier molecular flexibility index (Phi) is 8.03. The summed E-state index contributed by atoms with van der Waals surface area (Å²) < 4.78 is 5.63. The molecule has 2 heterocycles. The molecule has 0 aliphatic carbocycles. The average Bonchev–Trinajstić information content (AvgIpc) is 2.90. The summed E-state index contributed by atoms with van der Waals surface area (Å²) >= 11 is 0. The molecular weight excluding hydrogens is 458 g/mol. The minimum absolute atomic E-state index is 0.0121. The molecule has 4 rings (SSSR count). The molecule has 0 spiro atoms. The van der Waals surface area contributed by atoms with Crippen molar-refractivity contribution in [3.63, 3.8) is 0 Å². The van der Waals surface area contributed by atoms with E-state index in [2.05, 4.69) is 10.6 Å². The van der Waals surface area contributed by atoms with Gasteiger partial charge in [-0.15, -0.1) is 0 Å². The first kappa shape index (κ1) is 25.4. The molecule has 0 saturated carbocycles. The number of carbonyl (C=O) groups excluding carboxylic acids is 4. The number of nitrogens with zero attached hydrogens (tertiary/aromatic N) is 1. The van der Waals surface area contributed by atoms with Gasteiger partial charge in [-0.1, -0.05) is 37.3 Å². The van der Waals surface area contributed by atoms with Gasteiger partial charge in [0, 0.05) is 25.2 Å². The Hall–Kier alpha value is -3.68. The number of nitrogens with one attached hydrogen (secondary N) is 2. The highest BCUT2D eigenvalue weighted by Crippen LogP contribution is 2.36. The molecule has 2 aliphatic rings. The molecule has 0 bridgehead atoms. The van der Waals surface area contributed by atoms with Crippen LogP contribution in [0.3, 0.4) is 0 Å². The molecule has 190 valence electrons. The monoisotopic (exact) mass is 491 g/mol. The van der Waals surface area contributed by atoms with E-state index in [1.54, 1.807) is 17.0 Å². The molecule has 2 unspecified atom stereocenters. The second-order valence-electron chi connectivity index (χ2n) is 9.47. The van der Waals surface area contributed by atoms with Gasteiger partial charge in [0.15, 0.2) is 0 Å². The van der Waals surface area contributed by atoms with Crippen LogP contribution in [0.5, 0.6) is 5.75 Å². The summed E-state index contributed by atoms with van der Waals surface area (Å²) in [7, 11) is 0. The lowest BCUT2D eigenvalue weighted by atomic mass is 9.72. The van der Waals surface area contributed by atoms with Crippen molar-refractivity contribution in [2.75, 3.05) is 25.0 Å². The molecule has 2 atom stereocenters. The Morgan fingerprint density at radius 1 is 1.11 bits per heavy atom. The maximum absolute atomic E-state index is 13.0. The number of hydrogen-bond donors (Lipinski definition) is 2. The first-order valence-electron chi connectivity index (χ1n) is 12.6. The lowest BCUT2D eigenvalue weighted by Crippen LogP contribution is -2.51. The van der Waals surface area contributed by atoms with Gasteiger partial charge in [-0.05, 0) is 55.5 Å². The Labute approximate surface area is 211 Å². The third-order valence-corrected chi connectivity index (χ3v) is 7.25. The highest BCUT2D eigenvalue weighted by molar-refractivity contribution is 6.03. The number of hydrogen-bond acceptors (Lipinski definition) is 5. The third-order valence-electron chi connectivity index (χ3n) is 7.25. The van der Waals surface area contributed by atoms with Gasteiger partial charge in [-0.3, -0.25) is 24.5 Å². The van der Waals surface area contributed by atoms with Crippen LogP contribution < -0.4 is 15.4 Å². The smallest absolute Gasteiger partial charge is 0.237 e. The zero-order valence-electron chi connectivity index (χ0n) is 20.6. The number of ether oxygens (including phenoxy) is 1. The summed E-state index contributed by atoms with van der Waals surface area (Å²) in [4.78, 5) is 51.6. The van der Waals surface area contributed by atoms with E-state index in [1.165, 1.54) is 0 Å². The minimum atomic E-state index is -0.731. The minimum Gasteiger partial charge on any atom is -0.493 e. The molecule has 2 aromatic rings. The van der Waals surface area contributed by atoms with E-state index in [9.17, 15) is 19.2 Å². The van der Waals surface area contributed by atoms with Gasteiger partial charge >= 0.3 is 0 Å². The second-order valence-corrected chi connectivity index (χ2v) is 9.47. The fourth-order valence-electron chi connectivity index (χ4n) is 5.03. The molecule has 2 fully saturated rings. The zero-order chi connectivity index (χ0) is 25.5. The van der Waals surface area contributed by atoms with Crippen LogP contribution in [0.15, 0.2) is 54.6 Å². The fraction of sp³-hybridized carbons (Fsp3) is 0.429. The number of amides is 4. The van der Waals surface area contributed by atoms with Crippen molar-refractivity contribution in [2.24, 2.45) is 5.92 Å². The Balaban J connectivity index is 1.30. The molecule has 36 heavy (non-hydrogen) atoms. The molecular formula is C28H33N3O5. The molecule has 4 amide bonds. The largest absolute Gasteiger partial charge is 0.493 e. The van der Waals surface area contributed by atoms with Crippen molar-refractivity contribution < 1.29 is 23.9 Å². The van der Waals surface area contributed by atoms with E-state index in [0.29, 0.717) is 44.6 Å². The van der Waals surface area contributed by atoms with Crippen LogP contribution in [-0.4, -0.2) is 48.2 Å². The van der Waals surface area contributed by atoms with Gasteiger partial charge in [0.2, 0.25) is 23.6 Å². The lowest BCUT2D eigenvalue weighted by Gasteiger charge is -2.35. The van der Waals surface area contributed by atoms with E-state index < -0.39 is 5.41 Å². The maximum atomic E-state index is 13.0. The Morgan fingerprint density at radius 2 is 1.86 bits per heavy atom. The molecule has 2 N–H and O–H groups in total. The number of para-hydroxylation sites is 1. The first-order chi connectivity index (χ1) is 17.4. The summed E-state index contributed by atoms with van der Waals surface area (Å²) in [6.07, 6.45) is 3.13. The highest BCUT2D eigenvalue weighted by Gasteiger charge is 2.42. The summed E-state index contributed by atoms with van der Waals surface area (Å²) in [5, 5.41) is 5.41. The number of anilines is 1. The van der Waals surface area contributed by atoms with Gasteiger partial charge in [-0.25, -0.2) is 0 Å². The first-order valence-corrected chi connectivity index (χ1v) is 12.6. The van der Waals surface area contributed by atoms with E-state index in [4.69, 9.17) is 4.74 Å². The predicted octanol–water partition coefficient (Wildman–Crippen LogP) is 3.42. The van der Waals surface area contributed by atoms with Crippen molar-refractivity contribution >= 4 is 29.3 Å². The van der Waals surface area contributed by atoms with E-state index in [-0.39, 0.29) is 36.0 Å². The van der Waals surface area contributed by atoms with Gasteiger partial charge in [0.25, 0.3) is 0 Å². The molecule has 8 heteroatoms. The number of benzene rings is 2. The van der Waals surface area contributed by atoms with Crippen LogP contribution in [0.25, 0.3) is 0 Å². The van der Waals surface area contributed by atoms with Gasteiger partial charge < -0.3 is 15.0 Å². The van der Waals surface area contributed by atoms with Crippen LogP contribution >= 0.6 is 0 Å². The average molecular weight is 492 g/mol. The summed E-state index contributed by atoms with van der Waals surface area (Å²) in [6, 6.07) is 16.7. The van der Waals surface area contributed by atoms with E-state index in [0.717, 1.165) is 24.2 Å². The Morgan fingerprint density at radius 3 is 2.56 bits per heavy atom. The molecule has 2 aliphatic heterocycles. The van der Waals surface area contributed by atoms with Crippen LogP contribution in [-0.2, 0) is 24.6 Å². The van der Waals surface area contributed by atoms with Crippen molar-refractivity contribution in [2.45, 2.75) is 50.9 Å². The van der Waals surface area contributed by atoms with Crippen molar-refractivity contribution in [3.8, 4) is 5.75 Å². The molecule has 2 saturated heterocycles. The van der Waals surface area contributed by atoms with Gasteiger partial charge in [0.1, 0.15) is 5.75 Å². The fourth-order valence-corrected chi connectivity index (χ4v) is 5.03. The molecule has 8 nitrogen and oxygen atoms in total. The SMILES string of the molecule is CCC1(c2ccc(NC(=O)C3CCCN(C(=O)CCOc4ccccc4)C3)cc2)CCC(=O)NC1=O. The zero-order valence-corrected chi connectivity index (χ0v) is 20.6. The molecule has 0 radical (unpaired) electrons. The third kappa shape index (κ3) is 5.75. The summed E-state index contributed by atoms with van der Waals surface area (Å²) in [5.74, 6) is -0.186. The normalized spacial score (nSPS) is 22.0. The number of likely N-dealkylation sites (tertiary alicyclic amines) is 1. The number of piperidine rings is 2. The molecule has 2 aromatic carbocycles. The highest BCUT2D eigenvalue weighted by atomic mass is 16.5. The topological polar surface area (TPSA) is 105 Å². The van der Waals surface area contributed by atoms with E-state index in [1.807, 2.05) is 49.4 Å². The van der Waals surface area contributed by atoms with Crippen molar-refractivity contribution in [1.82, 2.24) is 10.2 Å². The quantitative estimate of drug-likeness (QED) is 0.551. The Bertz CT molecular complexity index is 1100. The maximum Gasteiger partial charge on any atom is 0.237 e. The number of imide groups is 1. The van der Waals surface area contributed by atoms with Crippen molar-refractivity contribution in [1.29, 1.82) is 0 Å². The van der Waals surface area contributed by atoms with Gasteiger partial charge in [0.05, 0.1) is 24.4 Å². The number of rotatable bonds is 8. The van der Waals surface area contributed by atoms with Crippen molar-refractivity contribution in [3.05, 3.63) is 60.2 Å². The van der Waals surface area contributed by atoms with Crippen LogP contribution in [0.1, 0.15) is 51.0 Å². The van der Waals surface area contributed by atoms with Crippen LogP contribution in [0, 0.1) is 5.92 Å². The van der Waals surface area contributed by atoms with Gasteiger partial charge in [-0.2, -0.15) is 0 Å². The second kappa shape index (κ2) is 11.4. The summed E-state index contributed by atoms with van der Waals surface area (Å²) in [6.45, 7) is 3.27. The summed E-state index contributed by atoms with van der Waals surface area (Å²) in [5.41, 5.74) is 0.743. The molecule has 0 aromatic heterocycles. The van der Waals surface area contributed by atoms with E-state index >= 15 is 0 Å².